The molecule has 0 bridgehead atoms. The van der Waals surface area contributed by atoms with Crippen LogP contribution in [-0.2, 0) is 10.0 Å². The van der Waals surface area contributed by atoms with E-state index in [1.54, 1.807) is 0 Å². The number of fused-ring (bicyclic) bond motifs is 1. The Morgan fingerprint density at radius 2 is 1.70 bits per heavy atom. The van der Waals surface area contributed by atoms with Crippen molar-refractivity contribution in [2.75, 3.05) is 6.61 Å². The number of benzene rings is 1. The van der Waals surface area contributed by atoms with E-state index in [1.165, 1.54) is 16.7 Å². The molecule has 0 radical (unpaired) electrons. The molecular formula is C17H28O2Si. The van der Waals surface area contributed by atoms with E-state index in [-0.39, 0.29) is 10.6 Å². The highest BCUT2D eigenvalue weighted by atomic mass is 28.4. The Morgan fingerprint density at radius 3 is 2.25 bits per heavy atom. The fourth-order valence-corrected chi connectivity index (χ4v) is 4.02. The van der Waals surface area contributed by atoms with Crippen molar-refractivity contribution in [3.63, 3.8) is 0 Å². The Bertz CT molecular complexity index is 529. The van der Waals surface area contributed by atoms with E-state index in [4.69, 9.17) is 9.16 Å². The van der Waals surface area contributed by atoms with Crippen LogP contribution in [0.1, 0.15) is 44.4 Å². The highest BCUT2D eigenvalue weighted by Gasteiger charge is 2.47. The first-order chi connectivity index (χ1) is 8.96. The lowest BCUT2D eigenvalue weighted by atomic mass is 9.95. The molecule has 0 saturated carbocycles. The van der Waals surface area contributed by atoms with Crippen molar-refractivity contribution in [1.82, 2.24) is 0 Å². The van der Waals surface area contributed by atoms with Gasteiger partial charge in [0.2, 0.25) is 0 Å². The molecular weight excluding hydrogens is 264 g/mol. The molecule has 0 unspecified atom stereocenters. The predicted molar refractivity (Wildman–Crippen MR) is 87.0 cm³/mol. The number of aryl methyl sites for hydroxylation is 2. The third-order valence-corrected chi connectivity index (χ3v) is 9.53. The lowest BCUT2D eigenvalue weighted by Gasteiger charge is -2.42. The summed E-state index contributed by atoms with van der Waals surface area (Å²) in [6.07, 6.45) is 0. The molecule has 0 saturated heterocycles. The fraction of sp³-hybridized carbons (Fsp3) is 0.647. The maximum atomic E-state index is 6.69. The minimum absolute atomic E-state index is 0.207. The lowest BCUT2D eigenvalue weighted by molar-refractivity contribution is 0.0465. The zero-order valence-corrected chi connectivity index (χ0v) is 15.2. The lowest BCUT2D eigenvalue weighted by Crippen LogP contribution is -2.48. The molecule has 1 aromatic carbocycles. The molecule has 2 nitrogen and oxygen atoms in total. The molecule has 0 fully saturated rings. The van der Waals surface area contributed by atoms with Gasteiger partial charge < -0.3 is 9.16 Å². The van der Waals surface area contributed by atoms with E-state index in [9.17, 15) is 0 Å². The number of rotatable bonds is 2. The minimum atomic E-state index is -1.82. The molecule has 0 aromatic heterocycles. The second kappa shape index (κ2) is 4.60. The largest absolute Gasteiger partial charge is 0.490 e. The van der Waals surface area contributed by atoms with Crippen LogP contribution in [0.15, 0.2) is 12.1 Å². The zero-order valence-electron chi connectivity index (χ0n) is 14.2. The van der Waals surface area contributed by atoms with Crippen LogP contribution in [0.2, 0.25) is 18.1 Å². The quantitative estimate of drug-likeness (QED) is 0.719. The standard InChI is InChI=1S/C17H28O2Si/c1-12-9-14-15(10-13(12)2)18-11-17(14,6)19-20(7,8)16(3,4)5/h9-10H,11H2,1-8H3/t17-/m0/s1. The second-order valence-electron chi connectivity index (χ2n) is 7.81. The summed E-state index contributed by atoms with van der Waals surface area (Å²) in [7, 11) is -1.82. The molecule has 0 spiro atoms. The van der Waals surface area contributed by atoms with Gasteiger partial charge in [0.05, 0.1) is 0 Å². The normalized spacial score (nSPS) is 22.6. The third-order valence-electron chi connectivity index (χ3n) is 4.96. The van der Waals surface area contributed by atoms with Gasteiger partial charge in [-0.15, -0.1) is 0 Å². The van der Waals surface area contributed by atoms with E-state index >= 15 is 0 Å². The SMILES string of the molecule is Cc1cc2c(cc1C)[C@@](C)(O[Si](C)(C)C(C)(C)C)CO2. The van der Waals surface area contributed by atoms with Crippen LogP contribution in [0.4, 0.5) is 0 Å². The Labute approximate surface area is 124 Å². The van der Waals surface area contributed by atoms with Gasteiger partial charge in [-0.05, 0) is 62.2 Å². The van der Waals surface area contributed by atoms with Crippen molar-refractivity contribution < 1.29 is 9.16 Å². The summed E-state index contributed by atoms with van der Waals surface area (Å²) in [5, 5.41) is 0.207. The molecule has 0 amide bonds. The van der Waals surface area contributed by atoms with Gasteiger partial charge in [-0.2, -0.15) is 0 Å². The van der Waals surface area contributed by atoms with Gasteiger partial charge >= 0.3 is 0 Å². The van der Waals surface area contributed by atoms with Crippen LogP contribution in [0.3, 0.4) is 0 Å². The second-order valence-corrected chi connectivity index (χ2v) is 12.5. The molecule has 0 aliphatic carbocycles. The molecule has 20 heavy (non-hydrogen) atoms. The first-order valence-corrected chi connectivity index (χ1v) is 10.3. The molecule has 1 aliphatic heterocycles. The average molecular weight is 292 g/mol. The van der Waals surface area contributed by atoms with Crippen LogP contribution < -0.4 is 4.74 Å². The topological polar surface area (TPSA) is 18.5 Å². The van der Waals surface area contributed by atoms with Crippen molar-refractivity contribution >= 4 is 8.32 Å². The molecule has 112 valence electrons. The van der Waals surface area contributed by atoms with Gasteiger partial charge in [-0.25, -0.2) is 0 Å². The van der Waals surface area contributed by atoms with Crippen molar-refractivity contribution in [1.29, 1.82) is 0 Å². The van der Waals surface area contributed by atoms with Crippen molar-refractivity contribution in [2.45, 2.75) is 65.3 Å². The minimum Gasteiger partial charge on any atom is -0.490 e. The van der Waals surface area contributed by atoms with E-state index in [1.807, 2.05) is 0 Å². The van der Waals surface area contributed by atoms with Crippen LogP contribution in [-0.4, -0.2) is 14.9 Å². The first-order valence-electron chi connectivity index (χ1n) is 7.41. The van der Waals surface area contributed by atoms with E-state index in [0.29, 0.717) is 6.61 Å². The average Bonchev–Trinajstić information content (AvgIpc) is 2.55. The molecule has 0 N–H and O–H groups in total. The van der Waals surface area contributed by atoms with E-state index in [0.717, 1.165) is 5.75 Å². The van der Waals surface area contributed by atoms with Crippen molar-refractivity contribution in [2.24, 2.45) is 0 Å². The molecule has 1 atom stereocenters. The summed E-state index contributed by atoms with van der Waals surface area (Å²) in [5.41, 5.74) is 3.49. The third kappa shape index (κ3) is 2.53. The Hall–Kier alpha value is -0.803. The van der Waals surface area contributed by atoms with Crippen molar-refractivity contribution in [3.8, 4) is 5.75 Å². The van der Waals surface area contributed by atoms with Gasteiger partial charge in [-0.1, -0.05) is 20.8 Å². The smallest absolute Gasteiger partial charge is 0.193 e. The van der Waals surface area contributed by atoms with E-state index < -0.39 is 8.32 Å². The maximum Gasteiger partial charge on any atom is 0.193 e. The summed E-state index contributed by atoms with van der Waals surface area (Å²) in [6.45, 7) is 18.5. The van der Waals surface area contributed by atoms with Gasteiger partial charge in [0.25, 0.3) is 0 Å². The Balaban J connectivity index is 2.39. The highest BCUT2D eigenvalue weighted by Crippen LogP contribution is 2.47. The number of hydrogen-bond donors (Lipinski definition) is 0. The fourth-order valence-electron chi connectivity index (χ4n) is 2.42. The van der Waals surface area contributed by atoms with Crippen molar-refractivity contribution in [3.05, 3.63) is 28.8 Å². The molecule has 1 aromatic rings. The predicted octanol–water partition coefficient (Wildman–Crippen LogP) is 4.93. The molecule has 1 aliphatic rings. The molecule has 1 heterocycles. The number of hydrogen-bond acceptors (Lipinski definition) is 2. The summed E-state index contributed by atoms with van der Waals surface area (Å²) in [5.74, 6) is 0.995. The zero-order chi connectivity index (χ0) is 15.3. The van der Waals surface area contributed by atoms with Crippen LogP contribution >= 0.6 is 0 Å². The summed E-state index contributed by atoms with van der Waals surface area (Å²) in [6, 6.07) is 4.38. The Morgan fingerprint density at radius 1 is 1.15 bits per heavy atom. The Kier molecular flexibility index (Phi) is 3.59. The monoisotopic (exact) mass is 292 g/mol. The molecule has 3 heteroatoms. The molecule has 2 rings (SSSR count). The summed E-state index contributed by atoms with van der Waals surface area (Å²) < 4.78 is 12.6. The number of ether oxygens (including phenoxy) is 1. The van der Waals surface area contributed by atoms with Crippen LogP contribution in [0, 0.1) is 13.8 Å². The summed E-state index contributed by atoms with van der Waals surface area (Å²) >= 11 is 0. The summed E-state index contributed by atoms with van der Waals surface area (Å²) in [4.78, 5) is 0. The highest BCUT2D eigenvalue weighted by molar-refractivity contribution is 6.74. The van der Waals surface area contributed by atoms with Crippen LogP contribution in [0.25, 0.3) is 0 Å². The van der Waals surface area contributed by atoms with Gasteiger partial charge in [0.15, 0.2) is 8.32 Å². The van der Waals surface area contributed by atoms with Gasteiger partial charge in [0, 0.05) is 5.56 Å². The first kappa shape index (κ1) is 15.6. The van der Waals surface area contributed by atoms with E-state index in [2.05, 4.69) is 66.8 Å². The van der Waals surface area contributed by atoms with Gasteiger partial charge in [0.1, 0.15) is 18.0 Å². The van der Waals surface area contributed by atoms with Gasteiger partial charge in [-0.3, -0.25) is 0 Å². The van der Waals surface area contributed by atoms with Crippen LogP contribution in [0.5, 0.6) is 5.75 Å². The maximum absolute atomic E-state index is 6.69.